The summed E-state index contributed by atoms with van der Waals surface area (Å²) in [4.78, 5) is 21.8. The predicted molar refractivity (Wildman–Crippen MR) is 70.1 cm³/mol. The summed E-state index contributed by atoms with van der Waals surface area (Å²) in [5.74, 6) is -0.872. The number of benzene rings is 1. The van der Waals surface area contributed by atoms with Gasteiger partial charge in [-0.15, -0.1) is 0 Å². The van der Waals surface area contributed by atoms with Gasteiger partial charge < -0.3 is 15.7 Å². The number of aliphatic carboxylic acids is 1. The Labute approximate surface area is 110 Å². The number of carboxylic acid groups (broad SMARTS) is 1. The van der Waals surface area contributed by atoms with Gasteiger partial charge in [0.25, 0.3) is 0 Å². The summed E-state index contributed by atoms with van der Waals surface area (Å²) in [6, 6.07) is 4.87. The SMILES string of the molecule is Cc1c(Cl)cccc1NC(=O)NCCCC(=O)O. The fourth-order valence-corrected chi connectivity index (χ4v) is 1.53. The highest BCUT2D eigenvalue weighted by Gasteiger charge is 2.06. The first-order valence-corrected chi connectivity index (χ1v) is 5.90. The molecule has 1 rings (SSSR count). The normalized spacial score (nSPS) is 9.89. The molecular weight excluding hydrogens is 256 g/mol. The van der Waals surface area contributed by atoms with Crippen LogP contribution in [0.2, 0.25) is 5.02 Å². The van der Waals surface area contributed by atoms with Crippen molar-refractivity contribution in [1.29, 1.82) is 0 Å². The molecule has 18 heavy (non-hydrogen) atoms. The van der Waals surface area contributed by atoms with E-state index >= 15 is 0 Å². The summed E-state index contributed by atoms with van der Waals surface area (Å²) in [6.07, 6.45) is 0.438. The Morgan fingerprint density at radius 2 is 2.11 bits per heavy atom. The predicted octanol–water partition coefficient (Wildman–Crippen LogP) is 2.63. The van der Waals surface area contributed by atoms with E-state index in [0.717, 1.165) is 5.56 Å². The van der Waals surface area contributed by atoms with E-state index in [4.69, 9.17) is 16.7 Å². The number of carbonyl (C=O) groups is 2. The molecule has 0 aliphatic carbocycles. The zero-order chi connectivity index (χ0) is 13.5. The first kappa shape index (κ1) is 14.3. The number of hydrogen-bond acceptors (Lipinski definition) is 2. The minimum atomic E-state index is -0.872. The molecule has 6 heteroatoms. The second-order valence-corrected chi connectivity index (χ2v) is 4.20. The monoisotopic (exact) mass is 270 g/mol. The van der Waals surface area contributed by atoms with Crippen LogP contribution < -0.4 is 10.6 Å². The van der Waals surface area contributed by atoms with Crippen molar-refractivity contribution in [2.45, 2.75) is 19.8 Å². The lowest BCUT2D eigenvalue weighted by Gasteiger charge is -2.10. The number of rotatable bonds is 5. The van der Waals surface area contributed by atoms with Crippen LogP contribution in [0.25, 0.3) is 0 Å². The van der Waals surface area contributed by atoms with Gasteiger partial charge in [-0.05, 0) is 31.0 Å². The Morgan fingerprint density at radius 3 is 2.78 bits per heavy atom. The van der Waals surface area contributed by atoms with Crippen molar-refractivity contribution in [1.82, 2.24) is 5.32 Å². The van der Waals surface area contributed by atoms with E-state index in [1.165, 1.54) is 0 Å². The highest BCUT2D eigenvalue weighted by molar-refractivity contribution is 6.31. The molecular formula is C12H15ClN2O3. The minimum Gasteiger partial charge on any atom is -0.481 e. The molecule has 3 N–H and O–H groups in total. The Morgan fingerprint density at radius 1 is 1.39 bits per heavy atom. The molecule has 0 fully saturated rings. The fraction of sp³-hybridized carbons (Fsp3) is 0.333. The fourth-order valence-electron chi connectivity index (χ4n) is 1.35. The third-order valence-corrected chi connectivity index (χ3v) is 2.78. The maximum atomic E-state index is 11.5. The molecule has 1 aromatic carbocycles. The Bertz CT molecular complexity index is 449. The van der Waals surface area contributed by atoms with E-state index in [-0.39, 0.29) is 12.5 Å². The molecule has 0 spiro atoms. The molecule has 0 heterocycles. The molecule has 0 atom stereocenters. The average molecular weight is 271 g/mol. The number of urea groups is 1. The third-order valence-electron chi connectivity index (χ3n) is 2.37. The summed E-state index contributed by atoms with van der Waals surface area (Å²) in [6.45, 7) is 2.13. The van der Waals surface area contributed by atoms with Crippen molar-refractivity contribution in [3.8, 4) is 0 Å². The summed E-state index contributed by atoms with van der Waals surface area (Å²) in [7, 11) is 0. The standard InChI is InChI=1S/C12H15ClN2O3/c1-8-9(13)4-2-5-10(8)15-12(18)14-7-3-6-11(16)17/h2,4-5H,3,6-7H2,1H3,(H,16,17)(H2,14,15,18). The summed E-state index contributed by atoms with van der Waals surface area (Å²) < 4.78 is 0. The molecule has 0 bridgehead atoms. The number of carboxylic acids is 1. The molecule has 0 unspecified atom stereocenters. The molecule has 1 aromatic rings. The summed E-state index contributed by atoms with van der Waals surface area (Å²) in [5, 5.41) is 14.3. The van der Waals surface area contributed by atoms with Crippen LogP contribution in [0.5, 0.6) is 0 Å². The minimum absolute atomic E-state index is 0.0382. The van der Waals surface area contributed by atoms with Gasteiger partial charge in [0.1, 0.15) is 0 Å². The molecule has 2 amide bonds. The maximum absolute atomic E-state index is 11.5. The highest BCUT2D eigenvalue weighted by atomic mass is 35.5. The molecule has 5 nitrogen and oxygen atoms in total. The van der Waals surface area contributed by atoms with Crippen LogP contribution in [-0.2, 0) is 4.79 Å². The van der Waals surface area contributed by atoms with Gasteiger partial charge in [-0.2, -0.15) is 0 Å². The molecule has 0 saturated carbocycles. The van der Waals surface area contributed by atoms with Gasteiger partial charge in [-0.25, -0.2) is 4.79 Å². The van der Waals surface area contributed by atoms with Crippen molar-refractivity contribution < 1.29 is 14.7 Å². The van der Waals surface area contributed by atoms with Crippen LogP contribution >= 0.6 is 11.6 Å². The van der Waals surface area contributed by atoms with Gasteiger partial charge >= 0.3 is 12.0 Å². The first-order chi connectivity index (χ1) is 8.50. The van der Waals surface area contributed by atoms with E-state index in [1.807, 2.05) is 6.92 Å². The quantitative estimate of drug-likeness (QED) is 0.720. The van der Waals surface area contributed by atoms with E-state index in [2.05, 4.69) is 10.6 Å². The van der Waals surface area contributed by atoms with Gasteiger partial charge in [-0.1, -0.05) is 17.7 Å². The Balaban J connectivity index is 2.40. The van der Waals surface area contributed by atoms with Crippen LogP contribution in [0.1, 0.15) is 18.4 Å². The molecule has 0 aliphatic rings. The topological polar surface area (TPSA) is 78.4 Å². The number of amides is 2. The number of hydrogen-bond donors (Lipinski definition) is 3. The smallest absolute Gasteiger partial charge is 0.319 e. The second kappa shape index (κ2) is 6.86. The zero-order valence-electron chi connectivity index (χ0n) is 10.00. The summed E-state index contributed by atoms with van der Waals surface area (Å²) in [5.41, 5.74) is 1.43. The molecule has 0 saturated heterocycles. The van der Waals surface area contributed by atoms with E-state index in [9.17, 15) is 9.59 Å². The van der Waals surface area contributed by atoms with E-state index in [0.29, 0.717) is 23.7 Å². The summed E-state index contributed by atoms with van der Waals surface area (Å²) >= 11 is 5.92. The lowest BCUT2D eigenvalue weighted by molar-refractivity contribution is -0.137. The number of nitrogens with one attached hydrogen (secondary N) is 2. The van der Waals surface area contributed by atoms with Gasteiger partial charge in [0.05, 0.1) is 0 Å². The number of carbonyl (C=O) groups excluding carboxylic acids is 1. The van der Waals surface area contributed by atoms with Crippen LogP contribution in [0, 0.1) is 6.92 Å². The molecule has 0 aromatic heterocycles. The van der Waals surface area contributed by atoms with Crippen molar-refractivity contribution in [2.75, 3.05) is 11.9 Å². The van der Waals surface area contributed by atoms with Crippen molar-refractivity contribution in [3.63, 3.8) is 0 Å². The van der Waals surface area contributed by atoms with Gasteiger partial charge in [0.2, 0.25) is 0 Å². The van der Waals surface area contributed by atoms with Gasteiger partial charge in [0.15, 0.2) is 0 Å². The Hall–Kier alpha value is -1.75. The zero-order valence-corrected chi connectivity index (χ0v) is 10.8. The molecule has 0 aliphatic heterocycles. The second-order valence-electron chi connectivity index (χ2n) is 3.79. The van der Waals surface area contributed by atoms with E-state index < -0.39 is 5.97 Å². The number of anilines is 1. The van der Waals surface area contributed by atoms with Crippen molar-refractivity contribution in [3.05, 3.63) is 28.8 Å². The van der Waals surface area contributed by atoms with Crippen LogP contribution in [0.15, 0.2) is 18.2 Å². The van der Waals surface area contributed by atoms with Crippen LogP contribution in [0.4, 0.5) is 10.5 Å². The van der Waals surface area contributed by atoms with Crippen molar-refractivity contribution in [2.24, 2.45) is 0 Å². The lowest BCUT2D eigenvalue weighted by atomic mass is 10.2. The van der Waals surface area contributed by atoms with Crippen LogP contribution in [-0.4, -0.2) is 23.7 Å². The first-order valence-electron chi connectivity index (χ1n) is 5.52. The molecule has 98 valence electrons. The van der Waals surface area contributed by atoms with Crippen molar-refractivity contribution >= 4 is 29.3 Å². The third kappa shape index (κ3) is 4.63. The van der Waals surface area contributed by atoms with E-state index in [1.54, 1.807) is 18.2 Å². The maximum Gasteiger partial charge on any atom is 0.319 e. The lowest BCUT2D eigenvalue weighted by Crippen LogP contribution is -2.30. The Kier molecular flexibility index (Phi) is 5.45. The largest absolute Gasteiger partial charge is 0.481 e. The molecule has 0 radical (unpaired) electrons. The van der Waals surface area contributed by atoms with Gasteiger partial charge in [0, 0.05) is 23.7 Å². The van der Waals surface area contributed by atoms with Crippen LogP contribution in [0.3, 0.4) is 0 Å². The van der Waals surface area contributed by atoms with Gasteiger partial charge in [-0.3, -0.25) is 4.79 Å². The average Bonchev–Trinajstić information content (AvgIpc) is 2.30. The highest BCUT2D eigenvalue weighted by Crippen LogP contribution is 2.22. The number of halogens is 1.